The Bertz CT molecular complexity index is 1330. The van der Waals surface area contributed by atoms with Crippen LogP contribution in [0.2, 0.25) is 0 Å². The molecule has 0 atom stereocenters. The lowest BCUT2D eigenvalue weighted by molar-refractivity contribution is 0.0595. The predicted molar refractivity (Wildman–Crippen MR) is 108 cm³/mol. The number of benzene rings is 3. The standard InChI is InChI=1S/C23H16N2O2/c1-27-23(26)22-16(10-6-12-24-22)18-13-20-21(15-8-3-2-7-14(15)18)17-9-4-5-11-19(17)25-20/h2-13,25H,1H3. The minimum absolute atomic E-state index is 0.320. The lowest BCUT2D eigenvalue weighted by atomic mass is 9.94. The number of para-hydroxylation sites is 1. The van der Waals surface area contributed by atoms with Crippen molar-refractivity contribution in [2.45, 2.75) is 0 Å². The average Bonchev–Trinajstić information content (AvgIpc) is 3.11. The number of carbonyl (C=O) groups excluding carboxylic acids is 1. The summed E-state index contributed by atoms with van der Waals surface area (Å²) in [7, 11) is 1.37. The van der Waals surface area contributed by atoms with E-state index in [-0.39, 0.29) is 0 Å². The van der Waals surface area contributed by atoms with Crippen LogP contribution < -0.4 is 0 Å². The molecule has 0 aliphatic carbocycles. The minimum Gasteiger partial charge on any atom is -0.464 e. The monoisotopic (exact) mass is 352 g/mol. The molecule has 0 saturated heterocycles. The quantitative estimate of drug-likeness (QED) is 0.437. The summed E-state index contributed by atoms with van der Waals surface area (Å²) in [5.74, 6) is -0.438. The van der Waals surface area contributed by atoms with E-state index in [0.717, 1.165) is 32.9 Å². The number of hydrogen-bond donors (Lipinski definition) is 1. The van der Waals surface area contributed by atoms with Gasteiger partial charge in [0.15, 0.2) is 5.69 Å². The normalized spacial score (nSPS) is 11.3. The number of pyridine rings is 1. The molecular formula is C23H16N2O2. The maximum Gasteiger partial charge on any atom is 0.357 e. The fourth-order valence-electron chi connectivity index (χ4n) is 3.82. The molecule has 5 aromatic rings. The number of hydrogen-bond acceptors (Lipinski definition) is 3. The third-order valence-electron chi connectivity index (χ3n) is 4.99. The van der Waals surface area contributed by atoms with Gasteiger partial charge < -0.3 is 9.72 Å². The van der Waals surface area contributed by atoms with Crippen molar-refractivity contribution in [1.29, 1.82) is 0 Å². The number of nitrogens with zero attached hydrogens (tertiary/aromatic N) is 1. The van der Waals surface area contributed by atoms with Crippen LogP contribution in [0.1, 0.15) is 10.5 Å². The molecule has 0 radical (unpaired) electrons. The van der Waals surface area contributed by atoms with Crippen molar-refractivity contribution in [2.24, 2.45) is 0 Å². The first kappa shape index (κ1) is 15.6. The fraction of sp³-hybridized carbons (Fsp3) is 0.0435. The molecule has 2 heterocycles. The Kier molecular flexibility index (Phi) is 3.44. The summed E-state index contributed by atoms with van der Waals surface area (Å²) >= 11 is 0. The summed E-state index contributed by atoms with van der Waals surface area (Å²) in [6.45, 7) is 0. The van der Waals surface area contributed by atoms with Crippen LogP contribution in [0.15, 0.2) is 72.9 Å². The smallest absolute Gasteiger partial charge is 0.357 e. The van der Waals surface area contributed by atoms with Crippen molar-refractivity contribution >= 4 is 38.5 Å². The molecule has 0 fully saturated rings. The summed E-state index contributed by atoms with van der Waals surface area (Å²) in [5, 5.41) is 4.60. The number of aromatic nitrogens is 2. The van der Waals surface area contributed by atoms with Gasteiger partial charge in [0.2, 0.25) is 0 Å². The second kappa shape index (κ2) is 5.95. The molecule has 0 bridgehead atoms. The summed E-state index contributed by atoms with van der Waals surface area (Å²) in [5.41, 5.74) is 4.17. The van der Waals surface area contributed by atoms with Gasteiger partial charge in [0.05, 0.1) is 7.11 Å². The van der Waals surface area contributed by atoms with Crippen molar-refractivity contribution in [1.82, 2.24) is 9.97 Å². The van der Waals surface area contributed by atoms with Gasteiger partial charge in [-0.2, -0.15) is 0 Å². The topological polar surface area (TPSA) is 55.0 Å². The molecule has 0 aliphatic heterocycles. The Morgan fingerprint density at radius 1 is 0.852 bits per heavy atom. The molecule has 130 valence electrons. The van der Waals surface area contributed by atoms with Gasteiger partial charge in [-0.3, -0.25) is 0 Å². The number of methoxy groups -OCH3 is 1. The Morgan fingerprint density at radius 3 is 2.41 bits per heavy atom. The molecule has 27 heavy (non-hydrogen) atoms. The van der Waals surface area contributed by atoms with Crippen LogP contribution in [0.3, 0.4) is 0 Å². The van der Waals surface area contributed by atoms with Crippen LogP contribution in [0.5, 0.6) is 0 Å². The minimum atomic E-state index is -0.438. The van der Waals surface area contributed by atoms with E-state index < -0.39 is 5.97 Å². The summed E-state index contributed by atoms with van der Waals surface area (Å²) in [6, 6.07) is 22.4. The van der Waals surface area contributed by atoms with Gasteiger partial charge in [-0.15, -0.1) is 0 Å². The van der Waals surface area contributed by atoms with Crippen molar-refractivity contribution in [3.63, 3.8) is 0 Å². The van der Waals surface area contributed by atoms with E-state index in [2.05, 4.69) is 46.4 Å². The summed E-state index contributed by atoms with van der Waals surface area (Å²) < 4.78 is 4.94. The second-order valence-corrected chi connectivity index (χ2v) is 6.45. The Labute approximate surface area is 155 Å². The molecule has 5 rings (SSSR count). The molecule has 4 nitrogen and oxygen atoms in total. The lowest BCUT2D eigenvalue weighted by Crippen LogP contribution is -2.06. The van der Waals surface area contributed by atoms with Crippen molar-refractivity contribution in [3.05, 3.63) is 78.6 Å². The van der Waals surface area contributed by atoms with Crippen molar-refractivity contribution < 1.29 is 9.53 Å². The van der Waals surface area contributed by atoms with Crippen molar-refractivity contribution in [3.8, 4) is 11.1 Å². The highest BCUT2D eigenvalue weighted by Crippen LogP contribution is 2.38. The number of H-pyrrole nitrogens is 1. The fourth-order valence-corrected chi connectivity index (χ4v) is 3.82. The molecule has 4 heteroatoms. The van der Waals surface area contributed by atoms with Gasteiger partial charge in [0.1, 0.15) is 0 Å². The first-order valence-electron chi connectivity index (χ1n) is 8.74. The first-order chi connectivity index (χ1) is 13.3. The van der Waals surface area contributed by atoms with Gasteiger partial charge in [-0.25, -0.2) is 9.78 Å². The zero-order chi connectivity index (χ0) is 18.4. The third-order valence-corrected chi connectivity index (χ3v) is 4.99. The van der Waals surface area contributed by atoms with Gasteiger partial charge in [-0.05, 0) is 34.5 Å². The molecule has 0 spiro atoms. The first-order valence-corrected chi connectivity index (χ1v) is 8.74. The Hall–Kier alpha value is -3.66. The third kappa shape index (κ3) is 2.30. The summed E-state index contributed by atoms with van der Waals surface area (Å²) in [4.78, 5) is 20.0. The molecule has 1 N–H and O–H groups in total. The highest BCUT2D eigenvalue weighted by molar-refractivity contribution is 6.23. The predicted octanol–water partition coefficient (Wildman–Crippen LogP) is 5.32. The largest absolute Gasteiger partial charge is 0.464 e. The molecule has 3 aromatic carbocycles. The number of aromatic amines is 1. The maximum absolute atomic E-state index is 12.3. The number of nitrogens with one attached hydrogen (secondary N) is 1. The van der Waals surface area contributed by atoms with E-state index in [1.165, 1.54) is 17.9 Å². The SMILES string of the molecule is COC(=O)c1ncccc1-c1cc2[nH]c3ccccc3c2c2ccccc12. The zero-order valence-electron chi connectivity index (χ0n) is 14.7. The van der Waals surface area contributed by atoms with Crippen LogP contribution in [0.25, 0.3) is 43.7 Å². The molecular weight excluding hydrogens is 336 g/mol. The molecule has 0 saturated carbocycles. The van der Waals surface area contributed by atoms with Gasteiger partial charge in [-0.1, -0.05) is 48.5 Å². The van der Waals surface area contributed by atoms with E-state index in [4.69, 9.17) is 4.74 Å². The van der Waals surface area contributed by atoms with Gasteiger partial charge in [0, 0.05) is 33.6 Å². The molecule has 2 aromatic heterocycles. The van der Waals surface area contributed by atoms with E-state index in [9.17, 15) is 4.79 Å². The number of ether oxygens (including phenoxy) is 1. The Morgan fingerprint density at radius 2 is 1.59 bits per heavy atom. The number of carbonyl (C=O) groups is 1. The number of esters is 1. The van der Waals surface area contributed by atoms with Crippen LogP contribution in [-0.4, -0.2) is 23.0 Å². The van der Waals surface area contributed by atoms with E-state index >= 15 is 0 Å². The Balaban J connectivity index is 1.94. The van der Waals surface area contributed by atoms with Crippen LogP contribution in [0, 0.1) is 0 Å². The van der Waals surface area contributed by atoms with Crippen LogP contribution in [-0.2, 0) is 4.74 Å². The lowest BCUT2D eigenvalue weighted by Gasteiger charge is -2.11. The highest BCUT2D eigenvalue weighted by atomic mass is 16.5. The van der Waals surface area contributed by atoms with Gasteiger partial charge >= 0.3 is 5.97 Å². The molecule has 0 aliphatic rings. The van der Waals surface area contributed by atoms with Crippen LogP contribution >= 0.6 is 0 Å². The van der Waals surface area contributed by atoms with E-state index in [1.54, 1.807) is 6.20 Å². The average molecular weight is 352 g/mol. The highest BCUT2D eigenvalue weighted by Gasteiger charge is 2.18. The van der Waals surface area contributed by atoms with Gasteiger partial charge in [0.25, 0.3) is 0 Å². The molecule has 0 amide bonds. The second-order valence-electron chi connectivity index (χ2n) is 6.45. The zero-order valence-corrected chi connectivity index (χ0v) is 14.7. The maximum atomic E-state index is 12.3. The number of fused-ring (bicyclic) bond motifs is 5. The number of rotatable bonds is 2. The van der Waals surface area contributed by atoms with Crippen LogP contribution in [0.4, 0.5) is 0 Å². The van der Waals surface area contributed by atoms with E-state index in [1.807, 2.05) is 30.3 Å². The molecule has 0 unspecified atom stereocenters. The van der Waals surface area contributed by atoms with Crippen molar-refractivity contribution in [2.75, 3.05) is 7.11 Å². The van der Waals surface area contributed by atoms with E-state index in [0.29, 0.717) is 5.69 Å². The summed E-state index contributed by atoms with van der Waals surface area (Å²) in [6.07, 6.45) is 1.61.